The van der Waals surface area contributed by atoms with E-state index >= 15 is 0 Å². The molecule has 0 saturated heterocycles. The van der Waals surface area contributed by atoms with Crippen LogP contribution in [0.3, 0.4) is 0 Å². The van der Waals surface area contributed by atoms with Crippen LogP contribution in [0, 0.1) is 0 Å². The molecule has 0 aliphatic rings. The Labute approximate surface area is 252 Å². The van der Waals surface area contributed by atoms with Crippen LogP contribution in [0.5, 0.6) is 11.6 Å². The average molecular weight is 614 g/mol. The number of anilines is 3. The lowest BCUT2D eigenvalue weighted by Gasteiger charge is -2.14. The highest BCUT2D eigenvalue weighted by Gasteiger charge is 2.22. The van der Waals surface area contributed by atoms with Crippen molar-refractivity contribution in [2.75, 3.05) is 29.7 Å². The van der Waals surface area contributed by atoms with Gasteiger partial charge < -0.3 is 25.2 Å². The van der Waals surface area contributed by atoms with Crippen LogP contribution in [-0.4, -0.2) is 50.5 Å². The second-order valence-electron chi connectivity index (χ2n) is 10.0. The summed E-state index contributed by atoms with van der Waals surface area (Å²) in [6.07, 6.45) is 1.21. The number of aliphatic hydroxyl groups excluding tert-OH is 1. The third-order valence-corrected chi connectivity index (χ3v) is 6.64. The molecule has 4 rings (SSSR count). The molecule has 220 valence electrons. The minimum absolute atomic E-state index is 0.0297. The maximum absolute atomic E-state index is 13.0. The molecule has 2 aromatic carbocycles. The number of carbonyl (C=O) groups is 2. The van der Waals surface area contributed by atoms with Gasteiger partial charge in [0.2, 0.25) is 5.88 Å². The van der Waals surface area contributed by atoms with Crippen LogP contribution < -0.4 is 20.7 Å². The quantitative estimate of drug-likeness (QED) is 0.185. The fraction of sp³-hybridized carbons (Fsp3) is 0.250. The number of amides is 3. The predicted molar refractivity (Wildman–Crippen MR) is 160 cm³/mol. The zero-order valence-electron chi connectivity index (χ0n) is 23.2. The molecule has 0 spiro atoms. The molecule has 12 nitrogen and oxygen atoms in total. The molecule has 0 aliphatic carbocycles. The number of hydrogen-bond acceptors (Lipinski definition) is 8. The second kappa shape index (κ2) is 13.2. The van der Waals surface area contributed by atoms with Crippen molar-refractivity contribution in [3.05, 3.63) is 76.2 Å². The van der Waals surface area contributed by atoms with Crippen LogP contribution in [-0.2, 0) is 21.6 Å². The van der Waals surface area contributed by atoms with Gasteiger partial charge in [0.25, 0.3) is 5.91 Å². The Bertz CT molecular complexity index is 1590. The second-order valence-corrected chi connectivity index (χ2v) is 10.8. The van der Waals surface area contributed by atoms with E-state index in [1.54, 1.807) is 35.0 Å². The van der Waals surface area contributed by atoms with Gasteiger partial charge in [-0.25, -0.2) is 19.4 Å². The topological polar surface area (TPSA) is 153 Å². The van der Waals surface area contributed by atoms with E-state index in [4.69, 9.17) is 32.7 Å². The van der Waals surface area contributed by atoms with Gasteiger partial charge >= 0.3 is 6.03 Å². The van der Waals surface area contributed by atoms with Gasteiger partial charge in [0.15, 0.2) is 0 Å². The first kappa shape index (κ1) is 30.7. The van der Waals surface area contributed by atoms with Crippen LogP contribution in [0.15, 0.2) is 54.9 Å². The van der Waals surface area contributed by atoms with Crippen molar-refractivity contribution in [1.29, 1.82) is 0 Å². The molecule has 0 atom stereocenters. The molecule has 0 saturated carbocycles. The largest absolute Gasteiger partial charge is 0.437 e. The number of aliphatic hydroxyl groups is 1. The first-order valence-electron chi connectivity index (χ1n) is 12.6. The summed E-state index contributed by atoms with van der Waals surface area (Å²) >= 11 is 12.9. The summed E-state index contributed by atoms with van der Waals surface area (Å²) in [6.45, 7) is 5.83. The number of nitrogens with one attached hydrogen (secondary N) is 3. The number of benzene rings is 2. The van der Waals surface area contributed by atoms with E-state index in [1.165, 1.54) is 31.6 Å². The van der Waals surface area contributed by atoms with Gasteiger partial charge in [-0.2, -0.15) is 5.10 Å². The van der Waals surface area contributed by atoms with Crippen molar-refractivity contribution in [1.82, 2.24) is 19.7 Å². The molecule has 3 amide bonds. The monoisotopic (exact) mass is 613 g/mol. The minimum Gasteiger partial charge on any atom is -0.437 e. The standard InChI is InChI=1S/C28H29Cl2N7O5/c1-28(2,3)20-11-22(37(36-20)17-7-5-16(13-38)6-8-17)35-27(40)33-18-9-10-19(26(30)25(18)29)42-24-12-21(31-15-32-24)34-23(39)14-41-4/h5-12,15,38H,13-14H2,1-4H3,(H2,33,35,40)(H,31,32,34,39). The Balaban J connectivity index is 1.50. The number of methoxy groups -OCH3 is 1. The van der Waals surface area contributed by atoms with Crippen molar-refractivity contribution in [3.8, 4) is 17.3 Å². The molecule has 4 N–H and O–H groups in total. The number of ether oxygens (including phenoxy) is 2. The summed E-state index contributed by atoms with van der Waals surface area (Å²) in [7, 11) is 1.40. The molecule has 42 heavy (non-hydrogen) atoms. The van der Waals surface area contributed by atoms with Gasteiger partial charge in [-0.3, -0.25) is 10.1 Å². The van der Waals surface area contributed by atoms with Crippen molar-refractivity contribution < 1.29 is 24.2 Å². The zero-order valence-corrected chi connectivity index (χ0v) is 24.7. The Kier molecular flexibility index (Phi) is 9.63. The van der Waals surface area contributed by atoms with Crippen molar-refractivity contribution in [2.24, 2.45) is 0 Å². The number of halogens is 2. The van der Waals surface area contributed by atoms with E-state index in [-0.39, 0.29) is 51.8 Å². The smallest absolute Gasteiger partial charge is 0.324 e. The normalized spacial score (nSPS) is 11.2. The van der Waals surface area contributed by atoms with E-state index in [2.05, 4.69) is 31.0 Å². The van der Waals surface area contributed by atoms with Crippen molar-refractivity contribution in [3.63, 3.8) is 0 Å². The number of nitrogens with zero attached hydrogens (tertiary/aromatic N) is 4. The molecule has 4 aromatic rings. The van der Waals surface area contributed by atoms with Crippen LogP contribution in [0.1, 0.15) is 32.0 Å². The fourth-order valence-electron chi connectivity index (χ4n) is 3.64. The van der Waals surface area contributed by atoms with Gasteiger partial charge in [-0.05, 0) is 29.8 Å². The molecular weight excluding hydrogens is 585 g/mol. The first-order chi connectivity index (χ1) is 20.0. The lowest BCUT2D eigenvalue weighted by molar-refractivity contribution is -0.119. The van der Waals surface area contributed by atoms with E-state index in [0.717, 1.165) is 11.3 Å². The highest BCUT2D eigenvalue weighted by molar-refractivity contribution is 6.45. The maximum Gasteiger partial charge on any atom is 0.324 e. The summed E-state index contributed by atoms with van der Waals surface area (Å²) in [5.41, 5.74) is 2.17. The third kappa shape index (κ3) is 7.53. The number of aromatic nitrogens is 4. The molecule has 0 bridgehead atoms. The fourth-order valence-corrected chi connectivity index (χ4v) is 4.05. The number of carbonyl (C=O) groups excluding carboxylic acids is 2. The highest BCUT2D eigenvalue weighted by Crippen LogP contribution is 2.39. The number of hydrogen-bond donors (Lipinski definition) is 4. The summed E-state index contributed by atoms with van der Waals surface area (Å²) < 4.78 is 12.1. The van der Waals surface area contributed by atoms with E-state index in [9.17, 15) is 14.7 Å². The molecule has 0 unspecified atom stereocenters. The Hall–Kier alpha value is -4.23. The summed E-state index contributed by atoms with van der Waals surface area (Å²) in [4.78, 5) is 32.8. The van der Waals surface area contributed by atoms with Gasteiger partial charge in [-0.1, -0.05) is 56.1 Å². The van der Waals surface area contributed by atoms with Crippen LogP contribution in [0.25, 0.3) is 5.69 Å². The van der Waals surface area contributed by atoms with Gasteiger partial charge in [0.05, 0.1) is 28.7 Å². The predicted octanol–water partition coefficient (Wildman–Crippen LogP) is 5.78. The minimum atomic E-state index is -0.581. The van der Waals surface area contributed by atoms with Gasteiger partial charge in [0.1, 0.15) is 35.3 Å². The number of urea groups is 1. The number of rotatable bonds is 9. The van der Waals surface area contributed by atoms with Crippen molar-refractivity contribution >= 4 is 52.5 Å². The van der Waals surface area contributed by atoms with Crippen molar-refractivity contribution in [2.45, 2.75) is 32.8 Å². The molecule has 14 heteroatoms. The van der Waals surface area contributed by atoms with Crippen LogP contribution >= 0.6 is 23.2 Å². The summed E-state index contributed by atoms with van der Waals surface area (Å²) in [6, 6.07) is 12.8. The Morgan fingerprint density at radius 3 is 2.38 bits per heavy atom. The summed E-state index contributed by atoms with van der Waals surface area (Å²) in [5, 5.41) is 22.2. The van der Waals surface area contributed by atoms with E-state index < -0.39 is 11.9 Å². The van der Waals surface area contributed by atoms with Crippen LogP contribution in [0.2, 0.25) is 10.0 Å². The summed E-state index contributed by atoms with van der Waals surface area (Å²) in [5.74, 6) is 0.504. The SMILES string of the molecule is COCC(=O)Nc1cc(Oc2ccc(NC(=O)Nc3cc(C(C)(C)C)nn3-c3ccc(CO)cc3)c(Cl)c2Cl)ncn1. The highest BCUT2D eigenvalue weighted by atomic mass is 35.5. The lowest BCUT2D eigenvalue weighted by atomic mass is 9.92. The molecule has 0 aliphatic heterocycles. The van der Waals surface area contributed by atoms with E-state index in [1.807, 2.05) is 20.8 Å². The molecular formula is C28H29Cl2N7O5. The molecule has 0 fully saturated rings. The molecule has 0 radical (unpaired) electrons. The van der Waals surface area contributed by atoms with Gasteiger partial charge in [0, 0.05) is 24.7 Å². The molecule has 2 aromatic heterocycles. The Morgan fingerprint density at radius 2 is 1.71 bits per heavy atom. The maximum atomic E-state index is 13.0. The Morgan fingerprint density at radius 1 is 0.976 bits per heavy atom. The average Bonchev–Trinajstić information content (AvgIpc) is 3.37. The zero-order chi connectivity index (χ0) is 30.4. The molecule has 2 heterocycles. The third-order valence-electron chi connectivity index (χ3n) is 5.78. The van der Waals surface area contributed by atoms with Gasteiger partial charge in [-0.15, -0.1) is 0 Å². The lowest BCUT2D eigenvalue weighted by Crippen LogP contribution is -2.21. The van der Waals surface area contributed by atoms with E-state index in [0.29, 0.717) is 11.5 Å². The van der Waals surface area contributed by atoms with Crippen LogP contribution in [0.4, 0.5) is 22.1 Å². The first-order valence-corrected chi connectivity index (χ1v) is 13.4.